The number of nitrogens with one attached hydrogen (secondary N) is 1. The van der Waals surface area contributed by atoms with Crippen LogP contribution in [0.5, 0.6) is 0 Å². The second-order valence-corrected chi connectivity index (χ2v) is 5.73. The van der Waals surface area contributed by atoms with Gasteiger partial charge in [-0.05, 0) is 38.3 Å². The lowest BCUT2D eigenvalue weighted by Crippen LogP contribution is -2.36. The minimum Gasteiger partial charge on any atom is -0.351 e. The first kappa shape index (κ1) is 12.9. The molecule has 1 aliphatic carbocycles. The number of pyridine rings is 1. The Labute approximate surface area is 114 Å². The van der Waals surface area contributed by atoms with Crippen molar-refractivity contribution in [2.24, 2.45) is 5.92 Å². The largest absolute Gasteiger partial charge is 0.351 e. The van der Waals surface area contributed by atoms with Crippen molar-refractivity contribution in [1.29, 1.82) is 0 Å². The Kier molecular flexibility index (Phi) is 3.69. The smallest absolute Gasteiger partial charge is 0.170 e. The molecule has 2 heterocycles. The molecule has 3 nitrogen and oxygen atoms in total. The number of anilines is 1. The Morgan fingerprint density at radius 1 is 1.37 bits per heavy atom. The van der Waals surface area contributed by atoms with E-state index >= 15 is 0 Å². The molecule has 1 aromatic heterocycles. The van der Waals surface area contributed by atoms with Crippen LogP contribution in [0.2, 0.25) is 0 Å². The van der Waals surface area contributed by atoms with Crippen LogP contribution in [-0.2, 0) is 6.54 Å². The number of rotatable bonds is 3. The van der Waals surface area contributed by atoms with Crippen LogP contribution in [0.3, 0.4) is 0 Å². The molecule has 1 aromatic rings. The van der Waals surface area contributed by atoms with Crippen molar-refractivity contribution in [3.05, 3.63) is 23.6 Å². The molecule has 2 fully saturated rings. The fourth-order valence-corrected chi connectivity index (χ4v) is 3.67. The van der Waals surface area contributed by atoms with Crippen LogP contribution in [0.4, 0.5) is 10.2 Å². The lowest BCUT2D eigenvalue weighted by atomic mass is 9.85. The standard InChI is InChI=1S/C15H22FN3/c1-17-10-12-6-8-18-15(14(12)16)19-9-7-11-4-2-3-5-13(11)19/h6,8,11,13,17H,2-5,7,9-10H2,1H3. The quantitative estimate of drug-likeness (QED) is 0.909. The predicted molar refractivity (Wildman–Crippen MR) is 74.7 cm³/mol. The minimum absolute atomic E-state index is 0.136. The van der Waals surface area contributed by atoms with Crippen molar-refractivity contribution < 1.29 is 4.39 Å². The SMILES string of the molecule is CNCc1ccnc(N2CCC3CCCCC32)c1F. The summed E-state index contributed by atoms with van der Waals surface area (Å²) < 4.78 is 14.5. The first-order valence-corrected chi connectivity index (χ1v) is 7.36. The van der Waals surface area contributed by atoms with Gasteiger partial charge in [-0.25, -0.2) is 9.37 Å². The molecule has 0 aromatic carbocycles. The van der Waals surface area contributed by atoms with Crippen molar-refractivity contribution in [2.75, 3.05) is 18.5 Å². The molecular formula is C15H22FN3. The highest BCUT2D eigenvalue weighted by Crippen LogP contribution is 2.39. The van der Waals surface area contributed by atoms with Gasteiger partial charge in [0.15, 0.2) is 11.6 Å². The molecule has 0 bridgehead atoms. The number of hydrogen-bond donors (Lipinski definition) is 1. The van der Waals surface area contributed by atoms with Crippen molar-refractivity contribution >= 4 is 5.82 Å². The van der Waals surface area contributed by atoms with E-state index in [4.69, 9.17) is 0 Å². The normalized spacial score (nSPS) is 26.5. The molecule has 1 aliphatic heterocycles. The van der Waals surface area contributed by atoms with Gasteiger partial charge in [0.1, 0.15) is 0 Å². The van der Waals surface area contributed by atoms with Gasteiger partial charge in [0.2, 0.25) is 0 Å². The number of nitrogens with zero attached hydrogens (tertiary/aromatic N) is 2. The number of hydrogen-bond acceptors (Lipinski definition) is 3. The summed E-state index contributed by atoms with van der Waals surface area (Å²) in [6.45, 7) is 1.52. The van der Waals surface area contributed by atoms with Gasteiger partial charge in [0.05, 0.1) is 0 Å². The molecule has 0 spiro atoms. The second-order valence-electron chi connectivity index (χ2n) is 5.73. The van der Waals surface area contributed by atoms with E-state index in [1.165, 1.54) is 32.1 Å². The van der Waals surface area contributed by atoms with Gasteiger partial charge in [-0.3, -0.25) is 0 Å². The lowest BCUT2D eigenvalue weighted by molar-refractivity contribution is 0.340. The van der Waals surface area contributed by atoms with Crippen LogP contribution in [0.15, 0.2) is 12.3 Å². The van der Waals surface area contributed by atoms with Gasteiger partial charge in [-0.1, -0.05) is 12.8 Å². The maximum Gasteiger partial charge on any atom is 0.170 e. The van der Waals surface area contributed by atoms with E-state index in [1.54, 1.807) is 12.3 Å². The van der Waals surface area contributed by atoms with Gasteiger partial charge < -0.3 is 10.2 Å². The van der Waals surface area contributed by atoms with Crippen LogP contribution >= 0.6 is 0 Å². The van der Waals surface area contributed by atoms with Crippen molar-refractivity contribution in [1.82, 2.24) is 10.3 Å². The number of fused-ring (bicyclic) bond motifs is 1. The molecule has 2 aliphatic rings. The molecule has 4 heteroatoms. The van der Waals surface area contributed by atoms with Crippen molar-refractivity contribution in [3.8, 4) is 0 Å². The summed E-state index contributed by atoms with van der Waals surface area (Å²) >= 11 is 0. The molecule has 1 saturated carbocycles. The molecule has 104 valence electrons. The molecule has 0 radical (unpaired) electrons. The highest BCUT2D eigenvalue weighted by molar-refractivity contribution is 5.45. The van der Waals surface area contributed by atoms with E-state index in [1.807, 2.05) is 7.05 Å². The van der Waals surface area contributed by atoms with E-state index in [0.717, 1.165) is 12.5 Å². The molecule has 19 heavy (non-hydrogen) atoms. The van der Waals surface area contributed by atoms with Crippen LogP contribution in [0.25, 0.3) is 0 Å². The molecule has 2 unspecified atom stereocenters. The third-order valence-electron chi connectivity index (χ3n) is 4.60. The fourth-order valence-electron chi connectivity index (χ4n) is 3.67. The summed E-state index contributed by atoms with van der Waals surface area (Å²) in [6.07, 6.45) is 8.05. The van der Waals surface area contributed by atoms with E-state index in [-0.39, 0.29) is 5.82 Å². The van der Waals surface area contributed by atoms with Crippen LogP contribution in [0, 0.1) is 11.7 Å². The van der Waals surface area contributed by atoms with E-state index in [9.17, 15) is 4.39 Å². The summed E-state index contributed by atoms with van der Waals surface area (Å²) in [5.41, 5.74) is 0.715. The van der Waals surface area contributed by atoms with E-state index in [2.05, 4.69) is 15.2 Å². The van der Waals surface area contributed by atoms with Crippen molar-refractivity contribution in [2.45, 2.75) is 44.7 Å². The third-order valence-corrected chi connectivity index (χ3v) is 4.60. The summed E-state index contributed by atoms with van der Waals surface area (Å²) in [7, 11) is 1.84. The molecule has 2 atom stereocenters. The van der Waals surface area contributed by atoms with Gasteiger partial charge in [-0.2, -0.15) is 0 Å². The van der Waals surface area contributed by atoms with Crippen LogP contribution in [-0.4, -0.2) is 24.6 Å². The monoisotopic (exact) mass is 263 g/mol. The van der Waals surface area contributed by atoms with Gasteiger partial charge in [0, 0.05) is 30.9 Å². The summed E-state index contributed by atoms with van der Waals surface area (Å²) in [5.74, 6) is 1.19. The average Bonchev–Trinajstić information content (AvgIpc) is 2.85. The summed E-state index contributed by atoms with van der Waals surface area (Å²) in [6, 6.07) is 2.28. The number of aromatic nitrogens is 1. The zero-order chi connectivity index (χ0) is 13.2. The average molecular weight is 263 g/mol. The number of halogens is 1. The Morgan fingerprint density at radius 3 is 3.05 bits per heavy atom. The Bertz CT molecular complexity index is 449. The van der Waals surface area contributed by atoms with Gasteiger partial charge >= 0.3 is 0 Å². The first-order chi connectivity index (χ1) is 9.31. The first-order valence-electron chi connectivity index (χ1n) is 7.36. The van der Waals surface area contributed by atoms with Gasteiger partial charge in [-0.15, -0.1) is 0 Å². The molecule has 3 rings (SSSR count). The third kappa shape index (κ3) is 2.34. The van der Waals surface area contributed by atoms with E-state index in [0.29, 0.717) is 24.0 Å². The van der Waals surface area contributed by atoms with Gasteiger partial charge in [0.25, 0.3) is 0 Å². The van der Waals surface area contributed by atoms with Crippen LogP contribution in [0.1, 0.15) is 37.7 Å². The zero-order valence-electron chi connectivity index (χ0n) is 11.5. The Morgan fingerprint density at radius 2 is 2.21 bits per heavy atom. The fraction of sp³-hybridized carbons (Fsp3) is 0.667. The molecule has 1 saturated heterocycles. The summed E-state index contributed by atoms with van der Waals surface area (Å²) in [5, 5.41) is 3.01. The Hall–Kier alpha value is -1.16. The molecule has 0 amide bonds. The highest BCUT2D eigenvalue weighted by atomic mass is 19.1. The highest BCUT2D eigenvalue weighted by Gasteiger charge is 2.37. The molecule has 1 N–H and O–H groups in total. The minimum atomic E-state index is -0.136. The van der Waals surface area contributed by atoms with E-state index < -0.39 is 0 Å². The van der Waals surface area contributed by atoms with Crippen molar-refractivity contribution in [3.63, 3.8) is 0 Å². The topological polar surface area (TPSA) is 28.2 Å². The maximum atomic E-state index is 14.5. The van der Waals surface area contributed by atoms with Crippen LogP contribution < -0.4 is 10.2 Å². The molecular weight excluding hydrogens is 241 g/mol. The summed E-state index contributed by atoms with van der Waals surface area (Å²) in [4.78, 5) is 6.54. The Balaban J connectivity index is 1.87. The predicted octanol–water partition coefficient (Wildman–Crippen LogP) is 2.71. The second kappa shape index (κ2) is 5.45. The maximum absolute atomic E-state index is 14.5. The zero-order valence-corrected chi connectivity index (χ0v) is 11.5. The lowest BCUT2D eigenvalue weighted by Gasteiger charge is -2.32.